The lowest BCUT2D eigenvalue weighted by molar-refractivity contribution is -0.143. The topological polar surface area (TPSA) is 90.3 Å². The van der Waals surface area contributed by atoms with Gasteiger partial charge >= 0.3 is 5.97 Å². The quantitative estimate of drug-likeness (QED) is 0.537. The summed E-state index contributed by atoms with van der Waals surface area (Å²) in [5.74, 6) is -0.499. The van der Waals surface area contributed by atoms with Crippen LogP contribution in [0, 0.1) is 0 Å². The number of nitrogens with one attached hydrogen (secondary N) is 1. The van der Waals surface area contributed by atoms with E-state index in [0.717, 1.165) is 23.1 Å². The Morgan fingerprint density at radius 2 is 1.97 bits per heavy atom. The van der Waals surface area contributed by atoms with Crippen molar-refractivity contribution in [2.24, 2.45) is 0 Å². The van der Waals surface area contributed by atoms with Crippen LogP contribution in [0.3, 0.4) is 0 Å². The number of pyridine rings is 2. The highest BCUT2D eigenvalue weighted by atomic mass is 16.5. The molecule has 166 valence electrons. The highest BCUT2D eigenvalue weighted by Gasteiger charge is 2.15. The molecule has 0 saturated heterocycles. The summed E-state index contributed by atoms with van der Waals surface area (Å²) in [4.78, 5) is 40.9. The van der Waals surface area contributed by atoms with Crippen molar-refractivity contribution in [3.63, 3.8) is 0 Å². The van der Waals surface area contributed by atoms with Crippen molar-refractivity contribution in [3.05, 3.63) is 82.5 Å². The first kappa shape index (κ1) is 22.9. The summed E-state index contributed by atoms with van der Waals surface area (Å²) in [5.41, 5.74) is 3.60. The average Bonchev–Trinajstić information content (AvgIpc) is 2.81. The molecule has 0 bridgehead atoms. The van der Waals surface area contributed by atoms with Crippen LogP contribution in [0.1, 0.15) is 49.0 Å². The Bertz CT molecular complexity index is 1160. The van der Waals surface area contributed by atoms with E-state index in [-0.39, 0.29) is 24.6 Å². The molecule has 2 heterocycles. The third-order valence-electron chi connectivity index (χ3n) is 5.28. The summed E-state index contributed by atoms with van der Waals surface area (Å²) >= 11 is 0. The van der Waals surface area contributed by atoms with E-state index in [1.807, 2.05) is 24.3 Å². The zero-order valence-electron chi connectivity index (χ0n) is 18.5. The van der Waals surface area contributed by atoms with Crippen LogP contribution >= 0.6 is 0 Å². The Kier molecular flexibility index (Phi) is 7.54. The number of nitrogens with zero attached hydrogens (tertiary/aromatic N) is 2. The van der Waals surface area contributed by atoms with Gasteiger partial charge in [0.1, 0.15) is 6.54 Å². The van der Waals surface area contributed by atoms with E-state index in [1.54, 1.807) is 25.4 Å². The second-order valence-electron chi connectivity index (χ2n) is 7.50. The van der Waals surface area contributed by atoms with Crippen LogP contribution in [0.2, 0.25) is 0 Å². The smallest absolute Gasteiger partial charge is 0.326 e. The normalized spacial score (nSPS) is 11.6. The third kappa shape index (κ3) is 5.49. The van der Waals surface area contributed by atoms with E-state index >= 15 is 0 Å². The van der Waals surface area contributed by atoms with Crippen molar-refractivity contribution in [3.8, 4) is 11.1 Å². The van der Waals surface area contributed by atoms with E-state index in [0.29, 0.717) is 17.2 Å². The first-order valence-electron chi connectivity index (χ1n) is 10.6. The Hall–Kier alpha value is -3.74. The molecule has 0 radical (unpaired) electrons. The molecule has 0 fully saturated rings. The molecule has 3 rings (SSSR count). The maximum absolute atomic E-state index is 13.0. The van der Waals surface area contributed by atoms with Crippen molar-refractivity contribution in [2.45, 2.75) is 39.7 Å². The second kappa shape index (κ2) is 10.5. The van der Waals surface area contributed by atoms with Crippen LogP contribution < -0.4 is 10.9 Å². The van der Waals surface area contributed by atoms with Gasteiger partial charge < -0.3 is 14.6 Å². The average molecular weight is 434 g/mol. The summed E-state index contributed by atoms with van der Waals surface area (Å²) in [6.07, 6.45) is 5.91. The van der Waals surface area contributed by atoms with Crippen molar-refractivity contribution in [2.75, 3.05) is 11.9 Å². The first-order valence-corrected chi connectivity index (χ1v) is 10.6. The van der Waals surface area contributed by atoms with Gasteiger partial charge in [-0.05, 0) is 54.7 Å². The Morgan fingerprint density at radius 3 is 2.66 bits per heavy atom. The Labute approximate surface area is 187 Å². The van der Waals surface area contributed by atoms with Gasteiger partial charge in [-0.15, -0.1) is 0 Å². The molecular weight excluding hydrogens is 406 g/mol. The van der Waals surface area contributed by atoms with Gasteiger partial charge in [0.2, 0.25) is 0 Å². The second-order valence-corrected chi connectivity index (χ2v) is 7.50. The maximum atomic E-state index is 13.0. The molecular formula is C25H27N3O4. The van der Waals surface area contributed by atoms with Gasteiger partial charge in [-0.1, -0.05) is 26.0 Å². The SMILES string of the molecule is CCOC(=O)Cn1cc(NC(=O)c2ccc(C(C)CC)c(-c3cccnc3)c2)ccc1=O. The fourth-order valence-corrected chi connectivity index (χ4v) is 3.40. The van der Waals surface area contributed by atoms with Crippen molar-refractivity contribution >= 4 is 17.6 Å². The van der Waals surface area contributed by atoms with Crippen LogP contribution in [0.5, 0.6) is 0 Å². The lowest BCUT2D eigenvalue weighted by atomic mass is 9.89. The van der Waals surface area contributed by atoms with Crippen molar-refractivity contribution in [1.29, 1.82) is 0 Å². The summed E-state index contributed by atoms with van der Waals surface area (Å²) in [7, 11) is 0. The Morgan fingerprint density at radius 1 is 1.16 bits per heavy atom. The number of rotatable bonds is 8. The minimum Gasteiger partial charge on any atom is -0.465 e. The number of hydrogen-bond acceptors (Lipinski definition) is 5. The van der Waals surface area contributed by atoms with Crippen LogP contribution in [-0.2, 0) is 16.1 Å². The van der Waals surface area contributed by atoms with Gasteiger partial charge in [0, 0.05) is 35.8 Å². The van der Waals surface area contributed by atoms with Gasteiger partial charge in [0.05, 0.1) is 12.3 Å². The molecule has 1 aromatic carbocycles. The number of ether oxygens (including phenoxy) is 1. The number of aromatic nitrogens is 2. The van der Waals surface area contributed by atoms with Gasteiger partial charge in [0.25, 0.3) is 11.5 Å². The highest BCUT2D eigenvalue weighted by Crippen LogP contribution is 2.31. The summed E-state index contributed by atoms with van der Waals surface area (Å²) in [6, 6.07) is 12.3. The van der Waals surface area contributed by atoms with Gasteiger partial charge in [-0.3, -0.25) is 19.4 Å². The Balaban J connectivity index is 1.88. The van der Waals surface area contributed by atoms with E-state index < -0.39 is 5.97 Å². The molecule has 3 aromatic rings. The number of anilines is 1. The maximum Gasteiger partial charge on any atom is 0.326 e. The van der Waals surface area contributed by atoms with Crippen LogP contribution in [-0.4, -0.2) is 28.0 Å². The molecule has 7 nitrogen and oxygen atoms in total. The molecule has 32 heavy (non-hydrogen) atoms. The van der Waals surface area contributed by atoms with Crippen LogP contribution in [0.25, 0.3) is 11.1 Å². The van der Waals surface area contributed by atoms with Crippen molar-refractivity contribution < 1.29 is 14.3 Å². The minimum atomic E-state index is -0.514. The molecule has 1 N–H and O–H groups in total. The van der Waals surface area contributed by atoms with Crippen LogP contribution in [0.15, 0.2) is 65.8 Å². The molecule has 7 heteroatoms. The summed E-state index contributed by atoms with van der Waals surface area (Å²) in [6.45, 7) is 6.00. The van der Waals surface area contributed by atoms with Crippen LogP contribution in [0.4, 0.5) is 5.69 Å². The predicted molar refractivity (Wildman–Crippen MR) is 124 cm³/mol. The van der Waals surface area contributed by atoms with Crippen molar-refractivity contribution in [1.82, 2.24) is 9.55 Å². The van der Waals surface area contributed by atoms with Gasteiger partial charge in [-0.2, -0.15) is 0 Å². The zero-order chi connectivity index (χ0) is 23.1. The molecule has 1 amide bonds. The number of amides is 1. The molecule has 0 aliphatic heterocycles. The molecule has 0 aliphatic carbocycles. The molecule has 0 saturated carbocycles. The van der Waals surface area contributed by atoms with Gasteiger partial charge in [-0.25, -0.2) is 0 Å². The first-order chi connectivity index (χ1) is 15.4. The van der Waals surface area contributed by atoms with E-state index in [9.17, 15) is 14.4 Å². The lowest BCUT2D eigenvalue weighted by Gasteiger charge is -2.17. The predicted octanol–water partition coefficient (Wildman–Crippen LogP) is 4.24. The molecule has 0 spiro atoms. The fourth-order valence-electron chi connectivity index (χ4n) is 3.40. The number of carbonyl (C=O) groups is 2. The van der Waals surface area contributed by atoms with Gasteiger partial charge in [0.15, 0.2) is 0 Å². The van der Waals surface area contributed by atoms with E-state index in [1.165, 1.54) is 22.9 Å². The number of benzene rings is 1. The highest BCUT2D eigenvalue weighted by molar-refractivity contribution is 6.05. The number of hydrogen-bond donors (Lipinski definition) is 1. The third-order valence-corrected chi connectivity index (χ3v) is 5.28. The molecule has 2 aromatic heterocycles. The standard InChI is InChI=1S/C25H27N3O4/c1-4-17(3)21-10-8-18(13-22(21)19-7-6-12-26-14-19)25(31)27-20-9-11-23(29)28(15-20)16-24(30)32-5-2/h6-15,17H,4-5,16H2,1-3H3,(H,27,31). The molecule has 1 atom stereocenters. The fraction of sp³-hybridized carbons (Fsp3) is 0.280. The minimum absolute atomic E-state index is 0.217. The zero-order valence-corrected chi connectivity index (χ0v) is 18.5. The molecule has 0 aliphatic rings. The number of esters is 1. The van der Waals surface area contributed by atoms with E-state index in [2.05, 4.69) is 24.1 Å². The lowest BCUT2D eigenvalue weighted by Crippen LogP contribution is -2.25. The summed E-state index contributed by atoms with van der Waals surface area (Å²) in [5, 5.41) is 2.81. The largest absolute Gasteiger partial charge is 0.465 e. The summed E-state index contributed by atoms with van der Waals surface area (Å²) < 4.78 is 6.10. The van der Waals surface area contributed by atoms with E-state index in [4.69, 9.17) is 4.74 Å². The number of carbonyl (C=O) groups excluding carboxylic acids is 2. The monoisotopic (exact) mass is 433 g/mol. The molecule has 1 unspecified atom stereocenters.